The van der Waals surface area contributed by atoms with Gasteiger partial charge in [-0.15, -0.1) is 0 Å². The fourth-order valence-electron chi connectivity index (χ4n) is 4.77. The van der Waals surface area contributed by atoms with Crippen LogP contribution in [0.15, 0.2) is 22.8 Å². The van der Waals surface area contributed by atoms with Crippen LogP contribution in [-0.4, -0.2) is 54.2 Å². The number of nitrogens with zero attached hydrogens (tertiary/aromatic N) is 1. The van der Waals surface area contributed by atoms with Crippen molar-refractivity contribution in [3.63, 3.8) is 0 Å². The van der Waals surface area contributed by atoms with Gasteiger partial charge in [0.1, 0.15) is 11.9 Å². The highest BCUT2D eigenvalue weighted by molar-refractivity contribution is 5.81. The van der Waals surface area contributed by atoms with Gasteiger partial charge in [0.15, 0.2) is 0 Å². The van der Waals surface area contributed by atoms with Gasteiger partial charge < -0.3 is 24.5 Å². The van der Waals surface area contributed by atoms with E-state index in [0.717, 1.165) is 24.6 Å². The Bertz CT molecular complexity index is 600. The van der Waals surface area contributed by atoms with E-state index in [9.17, 15) is 4.79 Å². The molecule has 1 aromatic heterocycles. The predicted octanol–water partition coefficient (Wildman–Crippen LogP) is 2.66. The van der Waals surface area contributed by atoms with Crippen molar-refractivity contribution in [2.24, 2.45) is 11.8 Å². The van der Waals surface area contributed by atoms with Gasteiger partial charge in [-0.25, -0.2) is 0 Å². The molecule has 0 aromatic carbocycles. The summed E-state index contributed by atoms with van der Waals surface area (Å²) in [5.74, 6) is 2.20. The minimum Gasteiger partial charge on any atom is -0.483 e. The van der Waals surface area contributed by atoms with Crippen molar-refractivity contribution in [2.45, 2.75) is 63.7 Å². The second-order valence-corrected chi connectivity index (χ2v) is 8.11. The highest BCUT2D eigenvalue weighted by Crippen LogP contribution is 2.34. The Morgan fingerprint density at radius 3 is 2.79 bits per heavy atom. The van der Waals surface area contributed by atoms with Gasteiger partial charge in [0.05, 0.1) is 18.9 Å². The summed E-state index contributed by atoms with van der Waals surface area (Å²) < 4.78 is 11.4. The van der Waals surface area contributed by atoms with E-state index in [-0.39, 0.29) is 24.6 Å². The molecule has 0 unspecified atom stereocenters. The molecule has 3 heterocycles. The highest BCUT2D eigenvalue weighted by Gasteiger charge is 2.42. The molecule has 1 aromatic rings. The number of hydrogen-bond donors (Lipinski definition) is 2. The standard InChI is InChI=1S/C20H30N2O3.CH2O2/c23-20(21-12-17-7-4-10-24-17)18-11-16-8-9-22(14-19(16)25-18)13-15-5-2-1-3-6-15;2-1-3/h4,7,10,15-16,18-19H,1-3,5-6,8-9,11-14H2,(H,21,23);1H,(H,2,3)/t16-,18+,19+;/m1./s1. The first-order valence-corrected chi connectivity index (χ1v) is 10.5. The van der Waals surface area contributed by atoms with Gasteiger partial charge in [0.25, 0.3) is 6.47 Å². The number of hydrogen-bond acceptors (Lipinski definition) is 5. The van der Waals surface area contributed by atoms with E-state index >= 15 is 0 Å². The monoisotopic (exact) mass is 392 g/mol. The zero-order chi connectivity index (χ0) is 19.8. The van der Waals surface area contributed by atoms with Gasteiger partial charge in [0.2, 0.25) is 5.91 Å². The topological polar surface area (TPSA) is 92.0 Å². The molecule has 3 aliphatic rings. The Labute approximate surface area is 166 Å². The number of rotatable bonds is 5. The smallest absolute Gasteiger partial charge is 0.290 e. The fraction of sp³-hybridized carbons (Fsp3) is 0.714. The number of furan rings is 1. The highest BCUT2D eigenvalue weighted by atomic mass is 16.5. The maximum Gasteiger partial charge on any atom is 0.290 e. The first-order valence-electron chi connectivity index (χ1n) is 10.5. The quantitative estimate of drug-likeness (QED) is 0.749. The zero-order valence-electron chi connectivity index (χ0n) is 16.4. The number of amides is 1. The third-order valence-corrected chi connectivity index (χ3v) is 6.19. The Kier molecular flexibility index (Phi) is 7.91. The maximum atomic E-state index is 12.4. The molecule has 2 N–H and O–H groups in total. The van der Waals surface area contributed by atoms with E-state index in [1.807, 2.05) is 12.1 Å². The van der Waals surface area contributed by atoms with Crippen LogP contribution >= 0.6 is 0 Å². The lowest BCUT2D eigenvalue weighted by atomic mass is 9.87. The van der Waals surface area contributed by atoms with Gasteiger partial charge in [-0.05, 0) is 56.2 Å². The average Bonchev–Trinajstić information content (AvgIpc) is 3.37. The summed E-state index contributed by atoms with van der Waals surface area (Å²) in [7, 11) is 0. The first-order chi connectivity index (χ1) is 13.7. The van der Waals surface area contributed by atoms with Crippen molar-refractivity contribution in [1.29, 1.82) is 0 Å². The van der Waals surface area contributed by atoms with Crippen LogP contribution in [-0.2, 0) is 20.9 Å². The SMILES string of the molecule is O=C(NCc1ccco1)[C@@H]1C[C@H]2CCN(CC3CCCCC3)C[C@@H]2O1.O=CO. The minimum atomic E-state index is -0.292. The molecule has 0 radical (unpaired) electrons. The van der Waals surface area contributed by atoms with Crippen LogP contribution in [0.4, 0.5) is 0 Å². The zero-order valence-corrected chi connectivity index (χ0v) is 16.4. The van der Waals surface area contributed by atoms with Crippen molar-refractivity contribution in [3.05, 3.63) is 24.2 Å². The molecule has 28 heavy (non-hydrogen) atoms. The normalized spacial score (nSPS) is 28.1. The Morgan fingerprint density at radius 1 is 1.29 bits per heavy atom. The lowest BCUT2D eigenvalue weighted by molar-refractivity contribution is -0.133. The average molecular weight is 392 g/mol. The molecule has 1 amide bonds. The van der Waals surface area contributed by atoms with E-state index in [4.69, 9.17) is 19.1 Å². The molecular weight excluding hydrogens is 360 g/mol. The van der Waals surface area contributed by atoms with Gasteiger partial charge in [0, 0.05) is 13.1 Å². The summed E-state index contributed by atoms with van der Waals surface area (Å²) >= 11 is 0. The van der Waals surface area contributed by atoms with Crippen LogP contribution < -0.4 is 5.32 Å². The van der Waals surface area contributed by atoms with Crippen molar-refractivity contribution in [2.75, 3.05) is 19.6 Å². The van der Waals surface area contributed by atoms with E-state index in [1.54, 1.807) is 6.26 Å². The van der Waals surface area contributed by atoms with Crippen molar-refractivity contribution < 1.29 is 23.8 Å². The number of nitrogens with one attached hydrogen (secondary N) is 1. The molecule has 3 atom stereocenters. The molecule has 1 saturated carbocycles. The summed E-state index contributed by atoms with van der Waals surface area (Å²) in [6, 6.07) is 3.71. The van der Waals surface area contributed by atoms with Gasteiger partial charge in [-0.1, -0.05) is 19.3 Å². The number of carboxylic acid groups (broad SMARTS) is 1. The van der Waals surface area contributed by atoms with E-state index in [0.29, 0.717) is 12.5 Å². The molecule has 0 spiro atoms. The molecule has 7 nitrogen and oxygen atoms in total. The summed E-state index contributed by atoms with van der Waals surface area (Å²) in [6.07, 6.45) is 10.6. The van der Waals surface area contributed by atoms with Crippen LogP contribution in [0.3, 0.4) is 0 Å². The Hall–Kier alpha value is -1.86. The molecule has 156 valence electrons. The number of ether oxygens (including phenoxy) is 1. The van der Waals surface area contributed by atoms with Gasteiger partial charge >= 0.3 is 0 Å². The van der Waals surface area contributed by atoms with Crippen LogP contribution in [0.1, 0.15) is 50.7 Å². The van der Waals surface area contributed by atoms with Crippen LogP contribution in [0, 0.1) is 11.8 Å². The number of likely N-dealkylation sites (tertiary alicyclic amines) is 1. The number of carbonyl (C=O) groups is 2. The minimum absolute atomic E-state index is 0.00429. The van der Waals surface area contributed by atoms with Crippen LogP contribution in [0.5, 0.6) is 0 Å². The predicted molar refractivity (Wildman–Crippen MR) is 104 cm³/mol. The summed E-state index contributed by atoms with van der Waals surface area (Å²) in [6.45, 7) is 3.58. The Balaban J connectivity index is 0.000000706. The van der Waals surface area contributed by atoms with E-state index < -0.39 is 0 Å². The van der Waals surface area contributed by atoms with E-state index in [1.165, 1.54) is 51.6 Å². The first kappa shape index (κ1) is 20.9. The molecule has 4 rings (SSSR count). The van der Waals surface area contributed by atoms with Gasteiger partial charge in [-0.2, -0.15) is 0 Å². The molecule has 2 saturated heterocycles. The van der Waals surface area contributed by atoms with Crippen molar-refractivity contribution >= 4 is 12.4 Å². The molecule has 3 fully saturated rings. The lowest BCUT2D eigenvalue weighted by Gasteiger charge is -2.37. The third-order valence-electron chi connectivity index (χ3n) is 6.19. The third kappa shape index (κ3) is 5.82. The molecule has 0 bridgehead atoms. The summed E-state index contributed by atoms with van der Waals surface area (Å²) in [5.41, 5.74) is 0. The number of piperidine rings is 1. The Morgan fingerprint density at radius 2 is 2.07 bits per heavy atom. The summed E-state index contributed by atoms with van der Waals surface area (Å²) in [5, 5.41) is 9.83. The largest absolute Gasteiger partial charge is 0.483 e. The fourth-order valence-corrected chi connectivity index (χ4v) is 4.77. The molecular formula is C21H32N2O5. The van der Waals surface area contributed by atoms with Crippen LogP contribution in [0.2, 0.25) is 0 Å². The van der Waals surface area contributed by atoms with Crippen LogP contribution in [0.25, 0.3) is 0 Å². The molecule has 2 aliphatic heterocycles. The number of carbonyl (C=O) groups excluding carboxylic acids is 1. The van der Waals surface area contributed by atoms with Crippen molar-refractivity contribution in [3.8, 4) is 0 Å². The maximum absolute atomic E-state index is 12.4. The van der Waals surface area contributed by atoms with E-state index in [2.05, 4.69) is 10.2 Å². The molecule has 7 heteroatoms. The van der Waals surface area contributed by atoms with Crippen molar-refractivity contribution in [1.82, 2.24) is 10.2 Å². The second-order valence-electron chi connectivity index (χ2n) is 8.11. The lowest BCUT2D eigenvalue weighted by Crippen LogP contribution is -2.44. The summed E-state index contributed by atoms with van der Waals surface area (Å²) in [4.78, 5) is 23.3. The van der Waals surface area contributed by atoms with Gasteiger partial charge in [-0.3, -0.25) is 9.59 Å². The number of fused-ring (bicyclic) bond motifs is 1. The molecule has 1 aliphatic carbocycles. The second kappa shape index (κ2) is 10.6.